The van der Waals surface area contributed by atoms with Crippen molar-refractivity contribution in [3.8, 4) is 0 Å². The van der Waals surface area contributed by atoms with Gasteiger partial charge in [-0.2, -0.15) is 0 Å². The van der Waals surface area contributed by atoms with Gasteiger partial charge < -0.3 is 9.88 Å². The largest absolute Gasteiger partial charge is 0.336 e. The Balaban J connectivity index is 2.98. The summed E-state index contributed by atoms with van der Waals surface area (Å²) >= 11 is 0. The van der Waals surface area contributed by atoms with Crippen LogP contribution < -0.4 is 5.32 Å². The van der Waals surface area contributed by atoms with Crippen LogP contribution in [0.25, 0.3) is 0 Å². The van der Waals surface area contributed by atoms with Gasteiger partial charge in [-0.3, -0.25) is 4.90 Å². The van der Waals surface area contributed by atoms with E-state index >= 15 is 0 Å². The molecule has 4 heteroatoms. The molecule has 4 nitrogen and oxygen atoms in total. The van der Waals surface area contributed by atoms with Crippen LogP contribution in [0.2, 0.25) is 0 Å². The van der Waals surface area contributed by atoms with E-state index in [2.05, 4.69) is 40.8 Å². The van der Waals surface area contributed by atoms with Gasteiger partial charge >= 0.3 is 0 Å². The van der Waals surface area contributed by atoms with Crippen LogP contribution in [-0.4, -0.2) is 42.1 Å². The highest BCUT2D eigenvalue weighted by atomic mass is 15.2. The summed E-state index contributed by atoms with van der Waals surface area (Å²) in [5, 5.41) is 3.21. The normalized spacial score (nSPS) is 13.6. The second-order valence-corrected chi connectivity index (χ2v) is 3.86. The number of nitrogens with zero attached hydrogens (tertiary/aromatic N) is 3. The number of nitrogens with one attached hydrogen (secondary N) is 1. The number of aromatic nitrogens is 2. The summed E-state index contributed by atoms with van der Waals surface area (Å²) in [7, 11) is 8.20. The summed E-state index contributed by atoms with van der Waals surface area (Å²) < 4.78 is 2.09. The van der Waals surface area contributed by atoms with Crippen molar-refractivity contribution in [2.75, 3.05) is 27.7 Å². The number of hydrogen-bond acceptors (Lipinski definition) is 3. The Bertz CT molecular complexity index is 271. The van der Waals surface area contributed by atoms with Crippen LogP contribution in [-0.2, 0) is 7.05 Å². The van der Waals surface area contributed by atoms with Gasteiger partial charge in [0.25, 0.3) is 0 Å². The molecule has 0 spiro atoms. The van der Waals surface area contributed by atoms with E-state index in [0.29, 0.717) is 6.04 Å². The van der Waals surface area contributed by atoms with Gasteiger partial charge in [0.2, 0.25) is 0 Å². The van der Waals surface area contributed by atoms with E-state index in [9.17, 15) is 0 Å². The van der Waals surface area contributed by atoms with Crippen LogP contribution in [0.1, 0.15) is 17.4 Å². The minimum absolute atomic E-state index is 0.382. The first-order valence-electron chi connectivity index (χ1n) is 4.86. The van der Waals surface area contributed by atoms with Gasteiger partial charge in [0.15, 0.2) is 0 Å². The van der Waals surface area contributed by atoms with Crippen molar-refractivity contribution in [1.82, 2.24) is 19.8 Å². The highest BCUT2D eigenvalue weighted by molar-refractivity contribution is 5.16. The Morgan fingerprint density at radius 2 is 2.21 bits per heavy atom. The summed E-state index contributed by atoms with van der Waals surface area (Å²) in [6.45, 7) is 2.99. The zero-order valence-electron chi connectivity index (χ0n) is 9.70. The number of hydrogen-bond donors (Lipinski definition) is 1. The van der Waals surface area contributed by atoms with Crippen molar-refractivity contribution in [1.29, 1.82) is 0 Å². The van der Waals surface area contributed by atoms with Crippen LogP contribution in [0.15, 0.2) is 6.33 Å². The zero-order valence-corrected chi connectivity index (χ0v) is 9.70. The maximum Gasteiger partial charge on any atom is 0.0949 e. The molecule has 0 bridgehead atoms. The molecule has 0 aliphatic carbocycles. The lowest BCUT2D eigenvalue weighted by molar-refractivity contribution is 0.282. The molecule has 0 amide bonds. The van der Waals surface area contributed by atoms with E-state index in [1.807, 2.05) is 20.4 Å². The molecule has 1 unspecified atom stereocenters. The molecule has 1 rings (SSSR count). The number of aryl methyl sites for hydroxylation is 2. The molecule has 0 aliphatic heterocycles. The van der Waals surface area contributed by atoms with E-state index in [1.165, 1.54) is 5.69 Å². The van der Waals surface area contributed by atoms with Gasteiger partial charge in [0, 0.05) is 13.6 Å². The predicted molar refractivity (Wildman–Crippen MR) is 58.3 cm³/mol. The molecule has 1 aromatic rings. The molecule has 0 fully saturated rings. The third kappa shape index (κ3) is 2.13. The highest BCUT2D eigenvalue weighted by Crippen LogP contribution is 2.19. The first kappa shape index (κ1) is 11.2. The Morgan fingerprint density at radius 3 is 2.57 bits per heavy atom. The van der Waals surface area contributed by atoms with Gasteiger partial charge in [-0.25, -0.2) is 4.98 Å². The highest BCUT2D eigenvalue weighted by Gasteiger charge is 2.18. The Kier molecular flexibility index (Phi) is 3.66. The van der Waals surface area contributed by atoms with E-state index < -0.39 is 0 Å². The summed E-state index contributed by atoms with van der Waals surface area (Å²) in [5.74, 6) is 0. The SMILES string of the molecule is CNCC(c1c(C)ncn1C)N(C)C. The lowest BCUT2D eigenvalue weighted by Crippen LogP contribution is -2.31. The molecule has 0 aromatic carbocycles. The van der Waals surface area contributed by atoms with Crippen molar-refractivity contribution in [3.63, 3.8) is 0 Å². The average Bonchev–Trinajstić information content (AvgIpc) is 2.43. The van der Waals surface area contributed by atoms with E-state index in [-0.39, 0.29) is 0 Å². The smallest absolute Gasteiger partial charge is 0.0949 e. The maximum atomic E-state index is 4.31. The van der Waals surface area contributed by atoms with E-state index in [0.717, 1.165) is 12.2 Å². The quantitative estimate of drug-likeness (QED) is 0.763. The fourth-order valence-corrected chi connectivity index (χ4v) is 1.75. The fourth-order valence-electron chi connectivity index (χ4n) is 1.75. The Labute approximate surface area is 85.9 Å². The molecule has 1 atom stereocenters. The lowest BCUT2D eigenvalue weighted by atomic mass is 10.1. The monoisotopic (exact) mass is 196 g/mol. The third-order valence-corrected chi connectivity index (χ3v) is 2.51. The second kappa shape index (κ2) is 4.57. The first-order valence-corrected chi connectivity index (χ1v) is 4.86. The summed E-state index contributed by atoms with van der Waals surface area (Å²) in [6, 6.07) is 0.382. The molecular weight excluding hydrogens is 176 g/mol. The molecule has 0 saturated heterocycles. The van der Waals surface area contributed by atoms with Gasteiger partial charge in [-0.15, -0.1) is 0 Å². The molecular formula is C10H20N4. The van der Waals surface area contributed by atoms with Crippen molar-refractivity contribution in [3.05, 3.63) is 17.7 Å². The molecule has 1 heterocycles. The van der Waals surface area contributed by atoms with E-state index in [1.54, 1.807) is 0 Å². The maximum absolute atomic E-state index is 4.31. The van der Waals surface area contributed by atoms with Gasteiger partial charge in [0.05, 0.1) is 23.8 Å². The molecule has 1 N–H and O–H groups in total. The zero-order chi connectivity index (χ0) is 10.7. The van der Waals surface area contributed by atoms with Crippen molar-refractivity contribution >= 4 is 0 Å². The second-order valence-electron chi connectivity index (χ2n) is 3.86. The third-order valence-electron chi connectivity index (χ3n) is 2.51. The van der Waals surface area contributed by atoms with Crippen LogP contribution in [0.5, 0.6) is 0 Å². The Hall–Kier alpha value is -0.870. The fraction of sp³-hybridized carbons (Fsp3) is 0.700. The molecule has 14 heavy (non-hydrogen) atoms. The van der Waals surface area contributed by atoms with Crippen LogP contribution in [0.3, 0.4) is 0 Å². The number of rotatable bonds is 4. The van der Waals surface area contributed by atoms with Crippen molar-refractivity contribution < 1.29 is 0 Å². The van der Waals surface area contributed by atoms with E-state index in [4.69, 9.17) is 0 Å². The van der Waals surface area contributed by atoms with Crippen LogP contribution in [0, 0.1) is 6.92 Å². The van der Waals surface area contributed by atoms with Crippen molar-refractivity contribution in [2.45, 2.75) is 13.0 Å². The first-order chi connectivity index (χ1) is 6.57. The average molecular weight is 196 g/mol. The minimum atomic E-state index is 0.382. The van der Waals surface area contributed by atoms with Gasteiger partial charge in [-0.1, -0.05) is 0 Å². The Morgan fingerprint density at radius 1 is 1.57 bits per heavy atom. The molecule has 0 radical (unpaired) electrons. The van der Waals surface area contributed by atoms with Crippen LogP contribution >= 0.6 is 0 Å². The molecule has 0 saturated carbocycles. The molecule has 0 aliphatic rings. The summed E-state index contributed by atoms with van der Waals surface area (Å²) in [5.41, 5.74) is 2.39. The number of likely N-dealkylation sites (N-methyl/N-ethyl adjacent to an activating group) is 2. The minimum Gasteiger partial charge on any atom is -0.336 e. The topological polar surface area (TPSA) is 33.1 Å². The summed E-state index contributed by atoms with van der Waals surface area (Å²) in [6.07, 6.45) is 1.87. The molecule has 80 valence electrons. The molecule has 1 aromatic heterocycles. The number of imidazole rings is 1. The lowest BCUT2D eigenvalue weighted by Gasteiger charge is -2.25. The van der Waals surface area contributed by atoms with Crippen molar-refractivity contribution in [2.24, 2.45) is 7.05 Å². The van der Waals surface area contributed by atoms with Gasteiger partial charge in [-0.05, 0) is 28.1 Å². The summed E-state index contributed by atoms with van der Waals surface area (Å²) in [4.78, 5) is 6.52. The van der Waals surface area contributed by atoms with Gasteiger partial charge in [0.1, 0.15) is 0 Å². The predicted octanol–water partition coefficient (Wildman–Crippen LogP) is 0.551. The standard InChI is InChI=1S/C10H20N4/c1-8-10(14(5)7-12-8)9(6-11-2)13(3)4/h7,9,11H,6H2,1-5H3. The van der Waals surface area contributed by atoms with Crippen LogP contribution in [0.4, 0.5) is 0 Å².